The molecular formula is C13H11F3N4O2. The van der Waals surface area contributed by atoms with Gasteiger partial charge < -0.3 is 10.3 Å². The van der Waals surface area contributed by atoms with Gasteiger partial charge in [-0.3, -0.25) is 14.9 Å². The fraction of sp³-hybridized carbons (Fsp3) is 0.308. The van der Waals surface area contributed by atoms with Gasteiger partial charge in [0.15, 0.2) is 0 Å². The second-order valence-electron chi connectivity index (χ2n) is 5.02. The van der Waals surface area contributed by atoms with Gasteiger partial charge in [0.05, 0.1) is 11.0 Å². The average molecular weight is 312 g/mol. The highest BCUT2D eigenvalue weighted by atomic mass is 19.4. The molecule has 0 saturated carbocycles. The van der Waals surface area contributed by atoms with E-state index in [0.29, 0.717) is 0 Å². The molecule has 1 unspecified atom stereocenters. The second-order valence-corrected chi connectivity index (χ2v) is 5.02. The lowest BCUT2D eigenvalue weighted by Crippen LogP contribution is -2.42. The molecule has 22 heavy (non-hydrogen) atoms. The van der Waals surface area contributed by atoms with Crippen molar-refractivity contribution in [3.05, 3.63) is 24.0 Å². The van der Waals surface area contributed by atoms with E-state index in [-0.39, 0.29) is 29.6 Å². The first-order chi connectivity index (χ1) is 10.3. The summed E-state index contributed by atoms with van der Waals surface area (Å²) in [4.78, 5) is 26.7. The number of imidazole rings is 1. The molecule has 2 amide bonds. The van der Waals surface area contributed by atoms with Crippen LogP contribution < -0.4 is 11.1 Å². The molecule has 6 nitrogen and oxygen atoms in total. The number of halogens is 3. The quantitative estimate of drug-likeness (QED) is 0.618. The van der Waals surface area contributed by atoms with Crippen molar-refractivity contribution in [2.45, 2.75) is 25.1 Å². The van der Waals surface area contributed by atoms with Crippen LogP contribution in [-0.2, 0) is 15.8 Å². The van der Waals surface area contributed by atoms with Crippen molar-refractivity contribution in [1.29, 1.82) is 0 Å². The number of carbonyl (C=O) groups is 2. The van der Waals surface area contributed by atoms with Gasteiger partial charge in [-0.2, -0.15) is 13.2 Å². The van der Waals surface area contributed by atoms with Crippen LogP contribution in [0.3, 0.4) is 0 Å². The summed E-state index contributed by atoms with van der Waals surface area (Å²) >= 11 is 0. The largest absolute Gasteiger partial charge is 0.449 e. The molecule has 9 heteroatoms. The lowest BCUT2D eigenvalue weighted by molar-refractivity contribution is -0.149. The number of nitrogen functional groups attached to an aromatic ring is 1. The molecule has 1 aromatic carbocycles. The summed E-state index contributed by atoms with van der Waals surface area (Å²) in [6, 6.07) is 3.00. The van der Waals surface area contributed by atoms with Crippen molar-refractivity contribution in [2.24, 2.45) is 0 Å². The first kappa shape index (κ1) is 14.4. The van der Waals surface area contributed by atoms with E-state index in [0.717, 1.165) is 4.57 Å². The predicted octanol–water partition coefficient (Wildman–Crippen LogP) is 1.61. The monoisotopic (exact) mass is 312 g/mol. The van der Waals surface area contributed by atoms with Gasteiger partial charge in [-0.1, -0.05) is 0 Å². The molecule has 1 aliphatic rings. The van der Waals surface area contributed by atoms with Crippen LogP contribution in [0.25, 0.3) is 11.0 Å². The molecule has 3 rings (SSSR count). The zero-order valence-corrected chi connectivity index (χ0v) is 11.1. The Bertz CT molecular complexity index is 781. The van der Waals surface area contributed by atoms with Crippen LogP contribution in [0.15, 0.2) is 18.2 Å². The van der Waals surface area contributed by atoms with Gasteiger partial charge in [-0.05, 0) is 24.6 Å². The number of benzene rings is 1. The predicted molar refractivity (Wildman–Crippen MR) is 70.6 cm³/mol. The fourth-order valence-electron chi connectivity index (χ4n) is 2.56. The first-order valence-electron chi connectivity index (χ1n) is 6.46. The summed E-state index contributed by atoms with van der Waals surface area (Å²) in [6.07, 6.45) is -4.76. The average Bonchev–Trinajstić information content (AvgIpc) is 2.77. The Kier molecular flexibility index (Phi) is 3.08. The number of aromatic nitrogens is 2. The topological polar surface area (TPSA) is 90.0 Å². The Labute approximate surface area is 122 Å². The van der Waals surface area contributed by atoms with Crippen LogP contribution >= 0.6 is 0 Å². The lowest BCUT2D eigenvalue weighted by Gasteiger charge is -2.24. The van der Waals surface area contributed by atoms with E-state index >= 15 is 0 Å². The third-order valence-electron chi connectivity index (χ3n) is 3.49. The SMILES string of the molecule is Nc1ccc2c(c1)nc(C(F)(F)F)n2C1CCC(=O)NC1=O. The van der Waals surface area contributed by atoms with Crippen molar-refractivity contribution in [3.63, 3.8) is 0 Å². The molecule has 1 saturated heterocycles. The third-order valence-corrected chi connectivity index (χ3v) is 3.49. The van der Waals surface area contributed by atoms with E-state index in [2.05, 4.69) is 10.3 Å². The number of hydrogen-bond acceptors (Lipinski definition) is 4. The molecule has 0 spiro atoms. The Balaban J connectivity index is 2.22. The minimum absolute atomic E-state index is 0.0103. The first-order valence-corrected chi connectivity index (χ1v) is 6.46. The van der Waals surface area contributed by atoms with Gasteiger partial charge in [-0.15, -0.1) is 0 Å². The standard InChI is InChI=1S/C13H11F3N4O2/c14-13(15,16)12-18-7-5-6(17)1-2-8(7)20(12)9-3-4-10(21)19-11(9)22/h1-2,5,9H,3-4,17H2,(H,19,21,22). The summed E-state index contributed by atoms with van der Waals surface area (Å²) < 4.78 is 40.5. The molecule has 1 aromatic heterocycles. The van der Waals surface area contributed by atoms with Crippen LogP contribution in [0.1, 0.15) is 24.7 Å². The maximum Gasteiger partial charge on any atom is 0.449 e. The summed E-state index contributed by atoms with van der Waals surface area (Å²) in [5.74, 6) is -2.44. The lowest BCUT2D eigenvalue weighted by atomic mass is 10.1. The minimum Gasteiger partial charge on any atom is -0.399 e. The van der Waals surface area contributed by atoms with E-state index in [1.165, 1.54) is 18.2 Å². The van der Waals surface area contributed by atoms with Crippen molar-refractivity contribution in [2.75, 3.05) is 5.73 Å². The normalized spacial score (nSPS) is 19.5. The van der Waals surface area contributed by atoms with E-state index < -0.39 is 29.9 Å². The Morgan fingerprint density at radius 2 is 2.05 bits per heavy atom. The number of carbonyl (C=O) groups excluding carboxylic acids is 2. The third kappa shape index (κ3) is 2.28. The highest BCUT2D eigenvalue weighted by molar-refractivity contribution is 6.00. The van der Waals surface area contributed by atoms with Gasteiger partial charge in [0, 0.05) is 12.1 Å². The van der Waals surface area contributed by atoms with E-state index in [9.17, 15) is 22.8 Å². The molecule has 2 heterocycles. The number of nitrogens with one attached hydrogen (secondary N) is 1. The number of nitrogens with zero attached hydrogens (tertiary/aromatic N) is 2. The highest BCUT2D eigenvalue weighted by Crippen LogP contribution is 2.36. The Morgan fingerprint density at radius 3 is 2.68 bits per heavy atom. The summed E-state index contributed by atoms with van der Waals surface area (Å²) in [5, 5.41) is 2.05. The second kappa shape index (κ2) is 4.72. The summed E-state index contributed by atoms with van der Waals surface area (Å²) in [5.41, 5.74) is 6.04. The molecule has 1 aliphatic heterocycles. The van der Waals surface area contributed by atoms with Crippen molar-refractivity contribution in [3.8, 4) is 0 Å². The molecule has 1 atom stereocenters. The number of alkyl halides is 3. The van der Waals surface area contributed by atoms with E-state index in [4.69, 9.17) is 5.73 Å². The number of rotatable bonds is 1. The van der Waals surface area contributed by atoms with E-state index in [1.807, 2.05) is 0 Å². The molecule has 1 fully saturated rings. The number of anilines is 1. The number of nitrogens with two attached hydrogens (primary N) is 1. The van der Waals surface area contributed by atoms with E-state index in [1.54, 1.807) is 0 Å². The molecule has 0 bridgehead atoms. The summed E-state index contributed by atoms with van der Waals surface area (Å²) in [6.45, 7) is 0. The number of fused-ring (bicyclic) bond motifs is 1. The van der Waals surface area contributed by atoms with Crippen LogP contribution in [-0.4, -0.2) is 21.4 Å². The minimum atomic E-state index is -4.73. The maximum absolute atomic E-state index is 13.2. The van der Waals surface area contributed by atoms with Gasteiger partial charge in [0.25, 0.3) is 0 Å². The smallest absolute Gasteiger partial charge is 0.399 e. The molecule has 0 radical (unpaired) electrons. The number of imide groups is 1. The van der Waals surface area contributed by atoms with Gasteiger partial charge in [-0.25, -0.2) is 4.98 Å². The zero-order chi connectivity index (χ0) is 16.1. The molecule has 116 valence electrons. The van der Waals surface area contributed by atoms with Crippen LogP contribution in [0.2, 0.25) is 0 Å². The zero-order valence-electron chi connectivity index (χ0n) is 11.1. The van der Waals surface area contributed by atoms with Crippen LogP contribution in [0, 0.1) is 0 Å². The maximum atomic E-state index is 13.2. The molecule has 0 aliphatic carbocycles. The van der Waals surface area contributed by atoms with Crippen LogP contribution in [0.5, 0.6) is 0 Å². The van der Waals surface area contributed by atoms with Crippen molar-refractivity contribution < 1.29 is 22.8 Å². The van der Waals surface area contributed by atoms with Gasteiger partial charge in [0.1, 0.15) is 6.04 Å². The molecule has 3 N–H and O–H groups in total. The number of amides is 2. The van der Waals surface area contributed by atoms with Gasteiger partial charge in [0.2, 0.25) is 17.6 Å². The molecular weight excluding hydrogens is 301 g/mol. The Morgan fingerprint density at radius 1 is 1.32 bits per heavy atom. The number of piperidine rings is 1. The van der Waals surface area contributed by atoms with Crippen molar-refractivity contribution in [1.82, 2.24) is 14.9 Å². The van der Waals surface area contributed by atoms with Crippen molar-refractivity contribution >= 4 is 28.5 Å². The fourth-order valence-corrected chi connectivity index (χ4v) is 2.56. The summed E-state index contributed by atoms with van der Waals surface area (Å²) in [7, 11) is 0. The Hall–Kier alpha value is -2.58. The highest BCUT2D eigenvalue weighted by Gasteiger charge is 2.41. The number of hydrogen-bond donors (Lipinski definition) is 2. The van der Waals surface area contributed by atoms with Crippen LogP contribution in [0.4, 0.5) is 18.9 Å². The van der Waals surface area contributed by atoms with Gasteiger partial charge >= 0.3 is 6.18 Å². The molecule has 2 aromatic rings.